The molecule has 5 rings (SSSR count). The number of fused-ring (bicyclic) bond motifs is 1. The summed E-state index contributed by atoms with van der Waals surface area (Å²) in [5, 5.41) is 18.9. The molecule has 0 bridgehead atoms. The number of anilines is 2. The van der Waals surface area contributed by atoms with E-state index in [9.17, 15) is 0 Å². The Labute approximate surface area is 163 Å². The van der Waals surface area contributed by atoms with E-state index < -0.39 is 0 Å². The first-order chi connectivity index (χ1) is 13.8. The topological polar surface area (TPSA) is 98.7 Å². The number of nitrogens with one attached hydrogen (secondary N) is 1. The summed E-state index contributed by atoms with van der Waals surface area (Å²) < 4.78 is 3.70. The van der Waals surface area contributed by atoms with Gasteiger partial charge in [-0.1, -0.05) is 0 Å². The van der Waals surface area contributed by atoms with Crippen LogP contribution in [-0.2, 0) is 13.5 Å². The van der Waals surface area contributed by atoms with Gasteiger partial charge in [0.05, 0.1) is 18.3 Å². The van der Waals surface area contributed by atoms with Gasteiger partial charge in [-0.2, -0.15) is 5.10 Å². The summed E-state index contributed by atoms with van der Waals surface area (Å²) in [5.74, 6) is 2.18. The second-order valence-electron chi connectivity index (χ2n) is 6.09. The second kappa shape index (κ2) is 6.82. The number of aryl methyl sites for hydroxylation is 1. The summed E-state index contributed by atoms with van der Waals surface area (Å²) in [6.07, 6.45) is 7.86. The van der Waals surface area contributed by atoms with E-state index in [0.29, 0.717) is 12.4 Å². The first-order valence-electron chi connectivity index (χ1n) is 8.57. The van der Waals surface area contributed by atoms with Crippen LogP contribution in [0.1, 0.15) is 10.8 Å². The van der Waals surface area contributed by atoms with E-state index in [-0.39, 0.29) is 0 Å². The maximum absolute atomic E-state index is 4.60. The Kier molecular flexibility index (Phi) is 4.02. The summed E-state index contributed by atoms with van der Waals surface area (Å²) in [7, 11) is 1.86. The lowest BCUT2D eigenvalue weighted by Gasteiger charge is -2.07. The molecule has 5 aromatic heterocycles. The third kappa shape index (κ3) is 3.09. The average molecular weight is 389 g/mol. The smallest absolute Gasteiger partial charge is 0.228 e. The molecule has 0 atom stereocenters. The third-order valence-corrected chi connectivity index (χ3v) is 5.07. The number of rotatable bonds is 5. The molecule has 0 aromatic carbocycles. The van der Waals surface area contributed by atoms with Gasteiger partial charge in [-0.3, -0.25) is 9.08 Å². The molecule has 5 aromatic rings. The Morgan fingerprint density at radius 2 is 2.04 bits per heavy atom. The third-order valence-electron chi connectivity index (χ3n) is 4.29. The van der Waals surface area contributed by atoms with Crippen molar-refractivity contribution in [3.63, 3.8) is 0 Å². The van der Waals surface area contributed by atoms with Crippen molar-refractivity contribution in [2.75, 3.05) is 5.32 Å². The summed E-state index contributed by atoms with van der Waals surface area (Å²) in [6, 6.07) is 7.70. The first-order valence-corrected chi connectivity index (χ1v) is 9.45. The first kappa shape index (κ1) is 16.5. The van der Waals surface area contributed by atoms with Crippen LogP contribution >= 0.6 is 11.3 Å². The monoisotopic (exact) mass is 389 g/mol. The van der Waals surface area contributed by atoms with Crippen LogP contribution in [-0.4, -0.2) is 39.3 Å². The average Bonchev–Trinajstić information content (AvgIpc) is 3.45. The Bertz CT molecular complexity index is 1240. The van der Waals surface area contributed by atoms with Gasteiger partial charge < -0.3 is 5.32 Å². The zero-order valence-corrected chi connectivity index (χ0v) is 15.7. The van der Waals surface area contributed by atoms with E-state index in [4.69, 9.17) is 0 Å². The van der Waals surface area contributed by atoms with Crippen LogP contribution in [0.3, 0.4) is 0 Å². The van der Waals surface area contributed by atoms with E-state index >= 15 is 0 Å². The lowest BCUT2D eigenvalue weighted by Crippen LogP contribution is -2.03. The number of hydrogen-bond acceptors (Lipinski definition) is 8. The maximum Gasteiger partial charge on any atom is 0.228 e. The SMILES string of the molecule is Cn1nccc1Nc1nccc(-c2ccn3c(Cc4nccs4)nnc3c2)n1. The van der Waals surface area contributed by atoms with Crippen LogP contribution in [0.2, 0.25) is 0 Å². The molecule has 5 heterocycles. The molecule has 28 heavy (non-hydrogen) atoms. The number of aromatic nitrogens is 8. The summed E-state index contributed by atoms with van der Waals surface area (Å²) in [6.45, 7) is 0. The molecule has 0 radical (unpaired) electrons. The van der Waals surface area contributed by atoms with Gasteiger partial charge >= 0.3 is 0 Å². The molecule has 0 aliphatic heterocycles. The van der Waals surface area contributed by atoms with Crippen molar-refractivity contribution >= 4 is 28.8 Å². The number of pyridine rings is 1. The van der Waals surface area contributed by atoms with Crippen LogP contribution < -0.4 is 5.32 Å². The minimum absolute atomic E-state index is 0.506. The molecule has 9 nitrogen and oxygen atoms in total. The molecule has 0 aliphatic carbocycles. The summed E-state index contributed by atoms with van der Waals surface area (Å²) >= 11 is 1.61. The van der Waals surface area contributed by atoms with Crippen molar-refractivity contribution in [2.24, 2.45) is 7.05 Å². The Balaban J connectivity index is 1.45. The van der Waals surface area contributed by atoms with Gasteiger partial charge in [0.25, 0.3) is 0 Å². The van der Waals surface area contributed by atoms with E-state index in [1.54, 1.807) is 34.6 Å². The van der Waals surface area contributed by atoms with Crippen molar-refractivity contribution < 1.29 is 0 Å². The van der Waals surface area contributed by atoms with Crippen molar-refractivity contribution in [2.45, 2.75) is 6.42 Å². The van der Waals surface area contributed by atoms with Crippen molar-refractivity contribution in [1.82, 2.24) is 39.3 Å². The minimum Gasteiger partial charge on any atom is -0.309 e. The van der Waals surface area contributed by atoms with Gasteiger partial charge in [0, 0.05) is 42.6 Å². The highest BCUT2D eigenvalue weighted by molar-refractivity contribution is 7.09. The Morgan fingerprint density at radius 3 is 2.86 bits per heavy atom. The maximum atomic E-state index is 4.60. The van der Waals surface area contributed by atoms with Gasteiger partial charge in [-0.15, -0.1) is 21.5 Å². The van der Waals surface area contributed by atoms with Crippen molar-refractivity contribution in [3.8, 4) is 11.3 Å². The zero-order chi connectivity index (χ0) is 18.9. The molecular formula is C18H15N9S. The zero-order valence-electron chi connectivity index (χ0n) is 14.9. The number of hydrogen-bond donors (Lipinski definition) is 1. The Morgan fingerprint density at radius 1 is 1.07 bits per heavy atom. The highest BCUT2D eigenvalue weighted by Gasteiger charge is 2.10. The summed E-state index contributed by atoms with van der Waals surface area (Å²) in [4.78, 5) is 13.2. The molecule has 0 saturated heterocycles. The van der Waals surface area contributed by atoms with Gasteiger partial charge in [0.2, 0.25) is 5.95 Å². The predicted octanol–water partition coefficient (Wildman–Crippen LogP) is 2.71. The molecule has 10 heteroatoms. The van der Waals surface area contributed by atoms with E-state index in [1.807, 2.05) is 47.3 Å². The molecule has 0 spiro atoms. The highest BCUT2D eigenvalue weighted by Crippen LogP contribution is 2.21. The lowest BCUT2D eigenvalue weighted by molar-refractivity contribution is 0.775. The number of thiazole rings is 1. The fourth-order valence-corrected chi connectivity index (χ4v) is 3.50. The molecule has 0 saturated carbocycles. The Hall–Kier alpha value is -3.66. The predicted molar refractivity (Wildman–Crippen MR) is 105 cm³/mol. The molecule has 0 aliphatic rings. The fraction of sp³-hybridized carbons (Fsp3) is 0.111. The standard InChI is InChI=1S/C18H15N9S/c1-26-14(3-6-21-26)23-18-20-5-2-13(22-18)12-4-8-27-15(10-12)24-25-16(27)11-17-19-7-9-28-17/h2-10H,11H2,1H3,(H,20,22,23). The van der Waals surface area contributed by atoms with E-state index in [2.05, 4.69) is 35.6 Å². The van der Waals surface area contributed by atoms with Crippen LogP contribution in [0.15, 0.2) is 54.4 Å². The van der Waals surface area contributed by atoms with E-state index in [1.165, 1.54) is 0 Å². The fourth-order valence-electron chi connectivity index (χ4n) is 2.89. The lowest BCUT2D eigenvalue weighted by atomic mass is 10.2. The van der Waals surface area contributed by atoms with Crippen LogP contribution in [0.4, 0.5) is 11.8 Å². The van der Waals surface area contributed by atoms with Crippen molar-refractivity contribution in [3.05, 3.63) is 65.3 Å². The minimum atomic E-state index is 0.506. The normalized spacial score (nSPS) is 11.2. The highest BCUT2D eigenvalue weighted by atomic mass is 32.1. The van der Waals surface area contributed by atoms with E-state index in [0.717, 1.165) is 33.6 Å². The largest absolute Gasteiger partial charge is 0.309 e. The molecule has 0 fully saturated rings. The van der Waals surface area contributed by atoms with Gasteiger partial charge in [-0.05, 0) is 18.2 Å². The quantitative estimate of drug-likeness (QED) is 0.493. The summed E-state index contributed by atoms with van der Waals surface area (Å²) in [5.41, 5.74) is 2.51. The van der Waals surface area contributed by atoms with Crippen LogP contribution in [0.25, 0.3) is 16.9 Å². The van der Waals surface area contributed by atoms with Crippen LogP contribution in [0.5, 0.6) is 0 Å². The van der Waals surface area contributed by atoms with Gasteiger partial charge in [-0.25, -0.2) is 15.0 Å². The second-order valence-corrected chi connectivity index (χ2v) is 7.07. The van der Waals surface area contributed by atoms with Crippen LogP contribution in [0, 0.1) is 0 Å². The molecule has 1 N–H and O–H groups in total. The van der Waals surface area contributed by atoms with Gasteiger partial charge in [0.15, 0.2) is 5.65 Å². The molecule has 0 unspecified atom stereocenters. The molecule has 138 valence electrons. The van der Waals surface area contributed by atoms with Crippen molar-refractivity contribution in [1.29, 1.82) is 0 Å². The van der Waals surface area contributed by atoms with Gasteiger partial charge in [0.1, 0.15) is 16.6 Å². The molecule has 0 amide bonds. The molecular weight excluding hydrogens is 374 g/mol. The number of nitrogens with zero attached hydrogens (tertiary/aromatic N) is 8.